The van der Waals surface area contributed by atoms with E-state index < -0.39 is 0 Å². The standard InChI is InChI=1S/C11H15Cl2N3S.ClH/c1-16(2)6-5-14-11(17)15-10-4-3-8(12)7-9(10)13;/h3-4,7H,5-6H2,1-2H3,(H2,14,15,17);1H/p-1. The second kappa shape index (κ2) is 8.77. The smallest absolute Gasteiger partial charge is 0.170 e. The van der Waals surface area contributed by atoms with Crippen molar-refractivity contribution in [3.05, 3.63) is 28.2 Å². The lowest BCUT2D eigenvalue weighted by molar-refractivity contribution is -0.00000335. The van der Waals surface area contributed by atoms with Crippen LogP contribution in [-0.2, 0) is 0 Å². The number of anilines is 1. The first kappa shape index (κ1) is 17.7. The van der Waals surface area contributed by atoms with Gasteiger partial charge in [0, 0.05) is 18.1 Å². The molecule has 1 aromatic rings. The second-order valence-corrected chi connectivity index (χ2v) is 5.06. The number of hydrogen-bond acceptors (Lipinski definition) is 2. The number of nitrogens with zero attached hydrogens (tertiary/aromatic N) is 1. The SMILES string of the molecule is CN(C)CCNC(=S)Nc1ccc(Cl)cc1Cl.[Cl-]. The van der Waals surface area contributed by atoms with Gasteiger partial charge in [-0.1, -0.05) is 23.2 Å². The Kier molecular flexibility index (Phi) is 8.65. The first-order valence-corrected chi connectivity index (χ1v) is 6.30. The van der Waals surface area contributed by atoms with E-state index in [1.54, 1.807) is 18.2 Å². The van der Waals surface area contributed by atoms with Crippen molar-refractivity contribution >= 4 is 46.2 Å². The Balaban J connectivity index is 0.00000289. The molecule has 7 heteroatoms. The molecule has 0 aromatic heterocycles. The Morgan fingerprint density at radius 1 is 1.33 bits per heavy atom. The third-order valence-electron chi connectivity index (χ3n) is 2.02. The van der Waals surface area contributed by atoms with Crippen LogP contribution in [0, 0.1) is 0 Å². The summed E-state index contributed by atoms with van der Waals surface area (Å²) in [5, 5.41) is 7.82. The number of nitrogens with one attached hydrogen (secondary N) is 2. The molecule has 1 aromatic carbocycles. The van der Waals surface area contributed by atoms with Gasteiger partial charge in [-0.25, -0.2) is 0 Å². The van der Waals surface area contributed by atoms with Gasteiger partial charge in [0.25, 0.3) is 0 Å². The zero-order valence-corrected chi connectivity index (χ0v) is 13.2. The minimum atomic E-state index is 0. The van der Waals surface area contributed by atoms with Crippen LogP contribution in [0.15, 0.2) is 18.2 Å². The number of hydrogen-bond donors (Lipinski definition) is 2. The Morgan fingerprint density at radius 2 is 2.00 bits per heavy atom. The van der Waals surface area contributed by atoms with E-state index in [4.69, 9.17) is 35.4 Å². The fourth-order valence-corrected chi connectivity index (χ4v) is 1.82. The van der Waals surface area contributed by atoms with Crippen molar-refractivity contribution in [1.82, 2.24) is 10.2 Å². The lowest BCUT2D eigenvalue weighted by Gasteiger charge is -2.14. The highest BCUT2D eigenvalue weighted by molar-refractivity contribution is 7.80. The van der Waals surface area contributed by atoms with Gasteiger partial charge in [0.2, 0.25) is 0 Å². The van der Waals surface area contributed by atoms with Gasteiger partial charge in [0.1, 0.15) is 0 Å². The van der Waals surface area contributed by atoms with Gasteiger partial charge in [-0.2, -0.15) is 0 Å². The number of rotatable bonds is 4. The average molecular weight is 328 g/mol. The van der Waals surface area contributed by atoms with Crippen molar-refractivity contribution in [2.24, 2.45) is 0 Å². The molecule has 0 unspecified atom stereocenters. The third kappa shape index (κ3) is 6.61. The monoisotopic (exact) mass is 326 g/mol. The molecule has 0 aliphatic rings. The molecular formula is C11H15Cl3N3S-. The summed E-state index contributed by atoms with van der Waals surface area (Å²) in [4.78, 5) is 2.07. The predicted octanol–water partition coefficient (Wildman–Crippen LogP) is -0.155. The number of likely N-dealkylation sites (N-methyl/N-ethyl adjacent to an activating group) is 1. The summed E-state index contributed by atoms with van der Waals surface area (Å²) < 4.78 is 0. The summed E-state index contributed by atoms with van der Waals surface area (Å²) in [7, 11) is 4.02. The first-order valence-electron chi connectivity index (χ1n) is 5.13. The molecule has 2 N–H and O–H groups in total. The Bertz CT molecular complexity index is 399. The molecule has 102 valence electrons. The van der Waals surface area contributed by atoms with Gasteiger partial charge in [-0.05, 0) is 44.5 Å². The maximum atomic E-state index is 6.02. The van der Waals surface area contributed by atoms with Gasteiger partial charge in [-0.15, -0.1) is 0 Å². The normalized spacial score (nSPS) is 9.83. The van der Waals surface area contributed by atoms with E-state index in [-0.39, 0.29) is 12.4 Å². The van der Waals surface area contributed by atoms with Crippen molar-refractivity contribution in [1.29, 1.82) is 0 Å². The highest BCUT2D eigenvalue weighted by atomic mass is 35.5. The summed E-state index contributed by atoms with van der Waals surface area (Å²) in [6.07, 6.45) is 0. The van der Waals surface area contributed by atoms with Gasteiger partial charge in [0.15, 0.2) is 5.11 Å². The van der Waals surface area contributed by atoms with Crippen molar-refractivity contribution in [3.63, 3.8) is 0 Å². The molecule has 0 aliphatic heterocycles. The summed E-state index contributed by atoms with van der Waals surface area (Å²) >= 11 is 17.0. The fraction of sp³-hybridized carbons (Fsp3) is 0.364. The van der Waals surface area contributed by atoms with Crippen molar-refractivity contribution in [3.8, 4) is 0 Å². The minimum absolute atomic E-state index is 0. The largest absolute Gasteiger partial charge is 1.00 e. The molecule has 0 radical (unpaired) electrons. The van der Waals surface area contributed by atoms with Gasteiger partial charge in [-0.3, -0.25) is 0 Å². The van der Waals surface area contributed by atoms with Crippen LogP contribution in [0.3, 0.4) is 0 Å². The topological polar surface area (TPSA) is 27.3 Å². The number of thiocarbonyl (C=S) groups is 1. The highest BCUT2D eigenvalue weighted by Gasteiger charge is 2.03. The molecule has 3 nitrogen and oxygen atoms in total. The molecule has 0 fully saturated rings. The molecular weight excluding hydrogens is 313 g/mol. The van der Waals surface area contributed by atoms with Crippen molar-refractivity contribution in [2.45, 2.75) is 0 Å². The molecule has 0 amide bonds. The van der Waals surface area contributed by atoms with Crippen LogP contribution in [0.1, 0.15) is 0 Å². The molecule has 0 bridgehead atoms. The van der Waals surface area contributed by atoms with Gasteiger partial charge < -0.3 is 27.9 Å². The zero-order valence-electron chi connectivity index (χ0n) is 10.1. The van der Waals surface area contributed by atoms with Crippen LogP contribution >= 0.6 is 35.4 Å². The number of halogens is 3. The van der Waals surface area contributed by atoms with Gasteiger partial charge >= 0.3 is 0 Å². The van der Waals surface area contributed by atoms with Crippen molar-refractivity contribution in [2.75, 3.05) is 32.5 Å². The van der Waals surface area contributed by atoms with E-state index in [1.807, 2.05) is 14.1 Å². The summed E-state index contributed by atoms with van der Waals surface area (Å²) in [5.74, 6) is 0. The zero-order chi connectivity index (χ0) is 12.8. The summed E-state index contributed by atoms with van der Waals surface area (Å²) in [6, 6.07) is 5.23. The lowest BCUT2D eigenvalue weighted by atomic mass is 10.3. The maximum absolute atomic E-state index is 6.02. The summed E-state index contributed by atoms with van der Waals surface area (Å²) in [6.45, 7) is 1.69. The Labute approximate surface area is 129 Å². The molecule has 1 rings (SSSR count). The highest BCUT2D eigenvalue weighted by Crippen LogP contribution is 2.25. The van der Waals surface area contributed by atoms with Crippen LogP contribution in [0.5, 0.6) is 0 Å². The molecule has 0 saturated carbocycles. The Hall–Kier alpha value is -0.260. The van der Waals surface area contributed by atoms with Crippen LogP contribution < -0.4 is 23.0 Å². The van der Waals surface area contributed by atoms with Crippen LogP contribution in [0.25, 0.3) is 0 Å². The minimum Gasteiger partial charge on any atom is -1.00 e. The van der Waals surface area contributed by atoms with E-state index in [1.165, 1.54) is 0 Å². The molecule has 0 saturated heterocycles. The molecule has 18 heavy (non-hydrogen) atoms. The fourth-order valence-electron chi connectivity index (χ4n) is 1.15. The van der Waals surface area contributed by atoms with E-state index >= 15 is 0 Å². The van der Waals surface area contributed by atoms with E-state index in [9.17, 15) is 0 Å². The van der Waals surface area contributed by atoms with Crippen LogP contribution in [-0.4, -0.2) is 37.2 Å². The molecule has 0 heterocycles. The maximum Gasteiger partial charge on any atom is 0.170 e. The molecule has 0 spiro atoms. The summed E-state index contributed by atoms with van der Waals surface area (Å²) in [5.41, 5.74) is 0.749. The first-order chi connectivity index (χ1) is 7.99. The van der Waals surface area contributed by atoms with E-state index in [0.717, 1.165) is 18.8 Å². The number of benzene rings is 1. The van der Waals surface area contributed by atoms with Crippen molar-refractivity contribution < 1.29 is 12.4 Å². The molecule has 0 aliphatic carbocycles. The quantitative estimate of drug-likeness (QED) is 0.752. The molecule has 0 atom stereocenters. The van der Waals surface area contributed by atoms with E-state index in [0.29, 0.717) is 15.2 Å². The van der Waals surface area contributed by atoms with Crippen LogP contribution in [0.2, 0.25) is 10.0 Å². The average Bonchev–Trinajstić information content (AvgIpc) is 2.21. The Morgan fingerprint density at radius 3 is 2.56 bits per heavy atom. The second-order valence-electron chi connectivity index (χ2n) is 3.81. The van der Waals surface area contributed by atoms with Gasteiger partial charge in [0.05, 0.1) is 10.7 Å². The third-order valence-corrected chi connectivity index (χ3v) is 2.82. The van der Waals surface area contributed by atoms with E-state index in [2.05, 4.69) is 15.5 Å². The lowest BCUT2D eigenvalue weighted by Crippen LogP contribution is -3.00. The van der Waals surface area contributed by atoms with Crippen LogP contribution in [0.4, 0.5) is 5.69 Å². The predicted molar refractivity (Wildman–Crippen MR) is 79.2 cm³/mol.